The largest absolute Gasteiger partial charge is 0.380 e. The van der Waals surface area contributed by atoms with Crippen LogP contribution >= 0.6 is 0 Å². The number of aldehydes is 1. The van der Waals surface area contributed by atoms with Gasteiger partial charge >= 0.3 is 0 Å². The fourth-order valence-electron chi connectivity index (χ4n) is 5.64. The average Bonchev–Trinajstić information content (AvgIpc) is 3.12. The second kappa shape index (κ2) is 11.7. The van der Waals surface area contributed by atoms with Crippen LogP contribution in [0.15, 0.2) is 36.4 Å². The molecule has 2 amide bonds. The van der Waals surface area contributed by atoms with Crippen molar-refractivity contribution >= 4 is 31.6 Å². The molecule has 0 aromatic heterocycles. The third kappa shape index (κ3) is 5.49. The quantitative estimate of drug-likeness (QED) is 0.256. The number of carbonyl (C=O) groups excluding carboxylic acids is 3. The van der Waals surface area contributed by atoms with Crippen molar-refractivity contribution in [3.63, 3.8) is 0 Å². The van der Waals surface area contributed by atoms with E-state index in [-0.39, 0.29) is 47.8 Å². The number of benzene rings is 2. The van der Waals surface area contributed by atoms with Gasteiger partial charge in [-0.15, -0.1) is 0 Å². The van der Waals surface area contributed by atoms with E-state index < -0.39 is 29.6 Å². The number of anilines is 1. The number of morpholine rings is 1. The van der Waals surface area contributed by atoms with E-state index in [1.54, 1.807) is 24.3 Å². The highest BCUT2D eigenvalue weighted by Crippen LogP contribution is 2.44. The lowest BCUT2D eigenvalue weighted by molar-refractivity contribution is -0.186. The van der Waals surface area contributed by atoms with Crippen molar-refractivity contribution in [2.75, 3.05) is 25.5 Å². The molecule has 12 heteroatoms. The summed E-state index contributed by atoms with van der Waals surface area (Å²) in [6, 6.07) is 9.62. The Bertz CT molecular complexity index is 1280. The van der Waals surface area contributed by atoms with Crippen molar-refractivity contribution in [2.45, 2.75) is 63.3 Å². The summed E-state index contributed by atoms with van der Waals surface area (Å²) in [4.78, 5) is 39.6. The summed E-state index contributed by atoms with van der Waals surface area (Å²) in [5.41, 5.74) is -4.25. The number of amides is 2. The number of hydrogen-bond donors (Lipinski definition) is 4. The van der Waals surface area contributed by atoms with Gasteiger partial charge in [-0.25, -0.2) is 4.39 Å². The molecule has 4 rings (SSSR count). The number of rotatable bonds is 10. The summed E-state index contributed by atoms with van der Waals surface area (Å²) in [6.45, 7) is 5.78. The maximum Gasteiger partial charge on any atom is 0.273 e. The van der Waals surface area contributed by atoms with Crippen LogP contribution in [0, 0.1) is 5.82 Å². The number of carbonyl (C=O) groups is 3. The molecule has 2 radical (unpaired) electrons. The van der Waals surface area contributed by atoms with Gasteiger partial charge in [0.25, 0.3) is 11.8 Å². The number of aliphatic hydroxyl groups is 2. The molecule has 2 aliphatic heterocycles. The lowest BCUT2D eigenvalue weighted by atomic mass is 9.81. The van der Waals surface area contributed by atoms with E-state index in [1.807, 2.05) is 13.8 Å². The molecule has 2 aromatic rings. The predicted octanol–water partition coefficient (Wildman–Crippen LogP) is 1.19. The number of nitrogens with one attached hydrogen (secondary N) is 2. The molecule has 1 fully saturated rings. The molecule has 40 heavy (non-hydrogen) atoms. The van der Waals surface area contributed by atoms with Crippen molar-refractivity contribution in [2.24, 2.45) is 0 Å². The van der Waals surface area contributed by atoms with Crippen LogP contribution in [0.4, 0.5) is 10.1 Å². The zero-order valence-electron chi connectivity index (χ0n) is 22.8. The van der Waals surface area contributed by atoms with E-state index in [2.05, 4.69) is 15.5 Å². The molecule has 10 nitrogen and oxygen atoms in total. The van der Waals surface area contributed by atoms with Gasteiger partial charge in [0.15, 0.2) is 7.85 Å². The van der Waals surface area contributed by atoms with E-state index in [9.17, 15) is 24.6 Å². The number of ether oxygens (including phenoxy) is 1. The monoisotopic (exact) mass is 552 g/mol. The smallest absolute Gasteiger partial charge is 0.273 e. The summed E-state index contributed by atoms with van der Waals surface area (Å²) in [7, 11) is 7.47. The number of likely N-dealkylation sites (N-methyl/N-ethyl adjacent to an activating group) is 1. The SMILES string of the molecule is [B]C1(O)c2c(NCc3cccc(CN4CC(C)OC(C)C4)c3F)cccc2C(=O)N1C(O)(CCC=O)C(=O)NC. The molecule has 4 N–H and O–H groups in total. The molecule has 2 aromatic carbocycles. The third-order valence-electron chi connectivity index (χ3n) is 7.30. The second-order valence-corrected chi connectivity index (χ2v) is 10.4. The fraction of sp³-hybridized carbons (Fsp3) is 0.464. The standard InChI is InChI=1S/C28H34BFN4O6/c1-17-14-33(15-18(2)40-17)16-20-8-4-7-19(24(20)30)13-32-22-10-5-9-21-23(22)28(29,39)34(25(21)36)27(38,11-6-12-35)26(37)31-3/h4-5,7-10,12,17-18,32,38-39H,6,11,13-16H2,1-3H3,(H,31,37). The minimum atomic E-state index is -2.62. The van der Waals surface area contributed by atoms with Gasteiger partial charge in [0.05, 0.1) is 12.2 Å². The number of halogens is 1. The van der Waals surface area contributed by atoms with Gasteiger partial charge in [0.1, 0.15) is 17.7 Å². The Morgan fingerprint density at radius 3 is 2.52 bits per heavy atom. The normalized spacial score (nSPS) is 24.4. The van der Waals surface area contributed by atoms with Crippen molar-refractivity contribution in [3.05, 3.63) is 64.5 Å². The molecule has 4 atom stereocenters. The van der Waals surface area contributed by atoms with Crippen LogP contribution in [-0.2, 0) is 33.0 Å². The topological polar surface area (TPSA) is 131 Å². The van der Waals surface area contributed by atoms with Crippen LogP contribution in [-0.4, -0.2) is 84.0 Å². The molecule has 212 valence electrons. The molecule has 0 spiro atoms. The second-order valence-electron chi connectivity index (χ2n) is 10.4. The van der Waals surface area contributed by atoms with Crippen LogP contribution in [0.5, 0.6) is 0 Å². The van der Waals surface area contributed by atoms with E-state index in [0.717, 1.165) is 0 Å². The Hall–Kier alpha value is -3.32. The molecule has 2 aliphatic rings. The molecule has 0 aliphatic carbocycles. The molecule has 2 heterocycles. The van der Waals surface area contributed by atoms with Crippen molar-refractivity contribution in [1.29, 1.82) is 0 Å². The summed E-state index contributed by atoms with van der Waals surface area (Å²) in [6.07, 6.45) is -0.185. The lowest BCUT2D eigenvalue weighted by Gasteiger charge is -2.43. The first-order valence-corrected chi connectivity index (χ1v) is 13.2. The number of hydrogen-bond acceptors (Lipinski definition) is 8. The highest BCUT2D eigenvalue weighted by atomic mass is 19.1. The van der Waals surface area contributed by atoms with Gasteiger partial charge in [0, 0.05) is 74.0 Å². The fourth-order valence-corrected chi connectivity index (χ4v) is 5.64. The Morgan fingerprint density at radius 1 is 1.23 bits per heavy atom. The summed E-state index contributed by atoms with van der Waals surface area (Å²) in [5.74, 6) is -2.29. The highest BCUT2D eigenvalue weighted by molar-refractivity contribution is 6.21. The molecular weight excluding hydrogens is 518 g/mol. The van der Waals surface area contributed by atoms with Gasteiger partial charge in [-0.3, -0.25) is 19.4 Å². The predicted molar refractivity (Wildman–Crippen MR) is 146 cm³/mol. The van der Waals surface area contributed by atoms with Crippen LogP contribution < -0.4 is 10.6 Å². The van der Waals surface area contributed by atoms with Crippen LogP contribution in [0.3, 0.4) is 0 Å². The molecule has 1 saturated heterocycles. The minimum absolute atomic E-state index is 0.00116. The minimum Gasteiger partial charge on any atom is -0.380 e. The van der Waals surface area contributed by atoms with Crippen molar-refractivity contribution < 1.29 is 33.7 Å². The third-order valence-corrected chi connectivity index (χ3v) is 7.30. The first-order valence-electron chi connectivity index (χ1n) is 13.2. The van der Waals surface area contributed by atoms with Crippen LogP contribution in [0.1, 0.15) is 53.7 Å². The van der Waals surface area contributed by atoms with E-state index >= 15 is 4.39 Å². The molecule has 0 saturated carbocycles. The Labute approximate surface area is 233 Å². The van der Waals surface area contributed by atoms with Gasteiger partial charge in [0.2, 0.25) is 5.72 Å². The van der Waals surface area contributed by atoms with Gasteiger partial charge in [-0.2, -0.15) is 0 Å². The van der Waals surface area contributed by atoms with Crippen molar-refractivity contribution in [1.82, 2.24) is 15.1 Å². The zero-order chi connectivity index (χ0) is 29.2. The number of fused-ring (bicyclic) bond motifs is 1. The van der Waals surface area contributed by atoms with E-state index in [1.165, 1.54) is 19.2 Å². The van der Waals surface area contributed by atoms with Gasteiger partial charge < -0.3 is 30.4 Å². The number of nitrogens with zero attached hydrogens (tertiary/aromatic N) is 2. The van der Waals surface area contributed by atoms with E-state index in [4.69, 9.17) is 12.6 Å². The summed E-state index contributed by atoms with van der Waals surface area (Å²) in [5, 5.41) is 27.9. The molecular formula is C28H34BFN4O6. The van der Waals surface area contributed by atoms with Gasteiger partial charge in [-0.05, 0) is 26.0 Å². The van der Waals surface area contributed by atoms with Crippen molar-refractivity contribution in [3.8, 4) is 0 Å². The maximum atomic E-state index is 15.5. The molecule has 0 bridgehead atoms. The van der Waals surface area contributed by atoms with Gasteiger partial charge in [-0.1, -0.05) is 24.3 Å². The summed E-state index contributed by atoms with van der Waals surface area (Å²) < 4.78 is 21.3. The zero-order valence-corrected chi connectivity index (χ0v) is 22.8. The van der Waals surface area contributed by atoms with Crippen LogP contribution in [0.25, 0.3) is 0 Å². The highest BCUT2D eigenvalue weighted by Gasteiger charge is 2.57. The summed E-state index contributed by atoms with van der Waals surface area (Å²) >= 11 is 0. The maximum absolute atomic E-state index is 15.5. The van der Waals surface area contributed by atoms with E-state index in [0.29, 0.717) is 41.9 Å². The first kappa shape index (κ1) is 29.7. The lowest BCUT2D eigenvalue weighted by Crippen LogP contribution is -2.65. The Balaban J connectivity index is 1.60. The Kier molecular flexibility index (Phi) is 8.64. The Morgan fingerprint density at radius 2 is 1.88 bits per heavy atom. The average molecular weight is 552 g/mol. The van der Waals surface area contributed by atoms with Crippen LogP contribution in [0.2, 0.25) is 0 Å². The molecule has 4 unspecified atom stereocenters. The first-order chi connectivity index (χ1) is 18.9.